The van der Waals surface area contributed by atoms with Crippen LogP contribution in [0.2, 0.25) is 0 Å². The molecule has 0 aliphatic carbocycles. The quantitative estimate of drug-likeness (QED) is 0.257. The van der Waals surface area contributed by atoms with E-state index in [2.05, 4.69) is 0 Å². The Hall–Kier alpha value is -2.04. The minimum Gasteiger partial charge on any atom is -0.378 e. The Morgan fingerprint density at radius 2 is 1.78 bits per heavy atom. The van der Waals surface area contributed by atoms with E-state index in [0.717, 1.165) is 35.8 Å². The number of unbranched alkanes of at least 4 members (excludes halogenated alkanes) is 2. The molecule has 1 aromatic heterocycles. The predicted molar refractivity (Wildman–Crippen MR) is 135 cm³/mol. The van der Waals surface area contributed by atoms with Gasteiger partial charge in [0, 0.05) is 25.5 Å². The highest BCUT2D eigenvalue weighted by molar-refractivity contribution is 6.21. The number of ether oxygens (including phenoxy) is 4. The molecule has 4 atom stereocenters. The molecule has 0 saturated carbocycles. The monoisotopic (exact) mass is 526 g/mol. The average Bonchev–Trinajstić information content (AvgIpc) is 3.16. The Kier molecular flexibility index (Phi) is 11.1. The van der Waals surface area contributed by atoms with Gasteiger partial charge < -0.3 is 18.9 Å². The Morgan fingerprint density at radius 1 is 1.06 bits per heavy atom. The zero-order valence-electron chi connectivity index (χ0n) is 20.9. The van der Waals surface area contributed by atoms with Gasteiger partial charge in [-0.3, -0.25) is 9.36 Å². The van der Waals surface area contributed by atoms with Gasteiger partial charge >= 0.3 is 5.69 Å². The number of rotatable bonds is 15. The minimum absolute atomic E-state index is 0.0609. The maximum Gasteiger partial charge on any atom is 0.335 e. The van der Waals surface area contributed by atoms with Gasteiger partial charge in [0.05, 0.1) is 13.2 Å². The van der Waals surface area contributed by atoms with Crippen molar-refractivity contribution in [3.63, 3.8) is 0 Å². The van der Waals surface area contributed by atoms with Crippen LogP contribution < -0.4 is 11.2 Å². The summed E-state index contributed by atoms with van der Waals surface area (Å²) in [6.07, 6.45) is 2.84. The molecule has 36 heavy (non-hydrogen) atoms. The molecule has 0 bridgehead atoms. The van der Waals surface area contributed by atoms with Gasteiger partial charge in [-0.2, -0.15) is 0 Å². The summed E-state index contributed by atoms with van der Waals surface area (Å²) in [5.74, 6) is 0. The van der Waals surface area contributed by atoms with E-state index >= 15 is 0 Å². The first kappa shape index (κ1) is 28.5. The summed E-state index contributed by atoms with van der Waals surface area (Å²) in [5, 5.41) is -0.888. The van der Waals surface area contributed by atoms with Crippen molar-refractivity contribution < 1.29 is 23.3 Å². The van der Waals surface area contributed by atoms with Crippen LogP contribution in [0, 0.1) is 0 Å². The lowest BCUT2D eigenvalue weighted by Gasteiger charge is -2.31. The molecule has 1 aromatic carbocycles. The van der Waals surface area contributed by atoms with Gasteiger partial charge in [0.1, 0.15) is 30.5 Å². The van der Waals surface area contributed by atoms with E-state index < -0.39 is 41.2 Å². The molecule has 0 N–H and O–H groups in total. The summed E-state index contributed by atoms with van der Waals surface area (Å²) < 4.78 is 40.1. The third-order valence-electron chi connectivity index (χ3n) is 6.15. The van der Waals surface area contributed by atoms with E-state index in [1.54, 1.807) is 0 Å². The van der Waals surface area contributed by atoms with Crippen LogP contribution in [-0.2, 0) is 32.3 Å². The molecule has 0 radical (unpaired) electrons. The van der Waals surface area contributed by atoms with Crippen LogP contribution >= 0.6 is 11.6 Å². The molecule has 2 heterocycles. The standard InChI is InChI=1S/C26H36ClFN2O6/c1-3-5-14-33-18-26(17-28)23(35-15-6-4-2)22(27)24(36-26)29-13-12-21(31)30(25(29)32)19-34-16-20-10-8-7-9-11-20/h7-13,22-24H,3-6,14-19H2,1-2H3/t22?,23-,24+,26+/m0/s1. The van der Waals surface area contributed by atoms with E-state index in [0.29, 0.717) is 13.2 Å². The van der Waals surface area contributed by atoms with Crippen molar-refractivity contribution in [2.24, 2.45) is 0 Å². The second-order valence-electron chi connectivity index (χ2n) is 8.94. The lowest BCUT2D eigenvalue weighted by Crippen LogP contribution is -2.49. The smallest absolute Gasteiger partial charge is 0.335 e. The zero-order valence-corrected chi connectivity index (χ0v) is 21.7. The highest BCUT2D eigenvalue weighted by Crippen LogP contribution is 2.42. The Balaban J connectivity index is 1.83. The summed E-state index contributed by atoms with van der Waals surface area (Å²) in [5.41, 5.74) is -1.75. The van der Waals surface area contributed by atoms with Gasteiger partial charge in [-0.1, -0.05) is 57.0 Å². The van der Waals surface area contributed by atoms with E-state index in [4.69, 9.17) is 30.5 Å². The summed E-state index contributed by atoms with van der Waals surface area (Å²) >= 11 is 6.76. The third-order valence-corrected chi connectivity index (χ3v) is 6.59. The van der Waals surface area contributed by atoms with Gasteiger partial charge in [0.15, 0.2) is 6.23 Å². The second-order valence-corrected chi connectivity index (χ2v) is 9.44. The normalized spacial score (nSPS) is 23.8. The number of aromatic nitrogens is 2. The Morgan fingerprint density at radius 3 is 2.47 bits per heavy atom. The molecule has 8 nitrogen and oxygen atoms in total. The lowest BCUT2D eigenvalue weighted by atomic mass is 9.98. The number of hydrogen-bond donors (Lipinski definition) is 0. The van der Waals surface area contributed by atoms with Gasteiger partial charge in [-0.15, -0.1) is 11.6 Å². The summed E-state index contributed by atoms with van der Waals surface area (Å²) in [6, 6.07) is 10.6. The van der Waals surface area contributed by atoms with Crippen molar-refractivity contribution in [1.82, 2.24) is 9.13 Å². The molecule has 1 aliphatic heterocycles. The highest BCUT2D eigenvalue weighted by Gasteiger charge is 2.57. The first-order valence-electron chi connectivity index (χ1n) is 12.5. The zero-order chi connectivity index (χ0) is 26.0. The van der Waals surface area contributed by atoms with E-state index in [9.17, 15) is 14.0 Å². The van der Waals surface area contributed by atoms with Crippen molar-refractivity contribution in [2.75, 3.05) is 26.5 Å². The molecule has 0 amide bonds. The van der Waals surface area contributed by atoms with Crippen molar-refractivity contribution in [3.8, 4) is 0 Å². The van der Waals surface area contributed by atoms with Crippen LogP contribution in [-0.4, -0.2) is 52.7 Å². The van der Waals surface area contributed by atoms with Crippen molar-refractivity contribution in [2.45, 2.75) is 76.2 Å². The van der Waals surface area contributed by atoms with Crippen LogP contribution in [0.3, 0.4) is 0 Å². The van der Waals surface area contributed by atoms with Crippen LogP contribution in [0.25, 0.3) is 0 Å². The maximum absolute atomic E-state index is 14.5. The van der Waals surface area contributed by atoms with Crippen molar-refractivity contribution in [3.05, 3.63) is 69.0 Å². The Labute approximate surface area is 215 Å². The predicted octanol–water partition coefficient (Wildman–Crippen LogP) is 4.03. The largest absolute Gasteiger partial charge is 0.378 e. The van der Waals surface area contributed by atoms with E-state index in [-0.39, 0.29) is 19.9 Å². The number of halogens is 2. The third kappa shape index (κ3) is 6.83. The van der Waals surface area contributed by atoms with Gasteiger partial charge in [0.2, 0.25) is 0 Å². The maximum atomic E-state index is 14.5. The first-order chi connectivity index (χ1) is 17.5. The number of benzene rings is 1. The SMILES string of the molecule is CCCCOC[C@@]1(CF)O[C@@H](n2ccc(=O)n(COCc3ccccc3)c2=O)C(Cl)[C@@H]1OCCCC. The molecule has 10 heteroatoms. The molecule has 3 rings (SSSR count). The molecule has 1 saturated heterocycles. The number of hydrogen-bond acceptors (Lipinski definition) is 6. The van der Waals surface area contributed by atoms with Crippen molar-refractivity contribution >= 4 is 11.6 Å². The van der Waals surface area contributed by atoms with Crippen molar-refractivity contribution in [1.29, 1.82) is 0 Å². The molecule has 1 aliphatic rings. The fraction of sp³-hybridized carbons (Fsp3) is 0.615. The highest BCUT2D eigenvalue weighted by atomic mass is 35.5. The van der Waals surface area contributed by atoms with Crippen LogP contribution in [0.1, 0.15) is 51.3 Å². The number of alkyl halides is 2. The first-order valence-corrected chi connectivity index (χ1v) is 12.9. The molecular weight excluding hydrogens is 491 g/mol. The Bertz CT molecular complexity index is 1050. The second kappa shape index (κ2) is 14.0. The molecule has 1 fully saturated rings. The number of nitrogens with zero attached hydrogens (tertiary/aromatic N) is 2. The fourth-order valence-electron chi connectivity index (χ4n) is 4.05. The van der Waals surface area contributed by atoms with Gasteiger partial charge in [-0.25, -0.2) is 13.8 Å². The summed E-state index contributed by atoms with van der Waals surface area (Å²) in [6.45, 7) is 3.90. The molecular formula is C26H36ClFN2O6. The van der Waals surface area contributed by atoms with E-state index in [1.807, 2.05) is 44.2 Å². The lowest BCUT2D eigenvalue weighted by molar-refractivity contribution is -0.161. The topological polar surface area (TPSA) is 80.9 Å². The van der Waals surface area contributed by atoms with Crippen LogP contribution in [0.4, 0.5) is 4.39 Å². The summed E-state index contributed by atoms with van der Waals surface area (Å²) in [4.78, 5) is 25.7. The molecule has 2 aromatic rings. The van der Waals surface area contributed by atoms with Crippen LogP contribution in [0.15, 0.2) is 52.2 Å². The molecule has 200 valence electrons. The van der Waals surface area contributed by atoms with Crippen LogP contribution in [0.5, 0.6) is 0 Å². The molecule has 0 spiro atoms. The average molecular weight is 527 g/mol. The van der Waals surface area contributed by atoms with E-state index in [1.165, 1.54) is 16.8 Å². The minimum atomic E-state index is -1.47. The van der Waals surface area contributed by atoms with Gasteiger partial charge in [-0.05, 0) is 18.4 Å². The molecule has 1 unspecified atom stereocenters. The van der Waals surface area contributed by atoms with Gasteiger partial charge in [0.25, 0.3) is 5.56 Å². The fourth-order valence-corrected chi connectivity index (χ4v) is 4.52. The summed E-state index contributed by atoms with van der Waals surface area (Å²) in [7, 11) is 0.